The van der Waals surface area contributed by atoms with Gasteiger partial charge in [0, 0.05) is 6.54 Å². The highest BCUT2D eigenvalue weighted by Gasteiger charge is 2.35. The maximum atomic E-state index is 13.1. The smallest absolute Gasteiger partial charge is 0.233 e. The second kappa shape index (κ2) is 8.31. The van der Waals surface area contributed by atoms with Gasteiger partial charge in [0.25, 0.3) is 0 Å². The molecule has 7 heteroatoms. The van der Waals surface area contributed by atoms with E-state index in [1.165, 1.54) is 0 Å². The van der Waals surface area contributed by atoms with Crippen LogP contribution in [-0.2, 0) is 9.59 Å². The number of benzene rings is 1. The molecule has 1 fully saturated rings. The first-order valence-electron chi connectivity index (χ1n) is 9.30. The fourth-order valence-corrected chi connectivity index (χ4v) is 3.69. The minimum Gasteiger partial charge on any atom is -0.340 e. The van der Waals surface area contributed by atoms with Gasteiger partial charge in [-0.3, -0.25) is 14.8 Å². The number of hydrogen-bond donors (Lipinski definition) is 2. The summed E-state index contributed by atoms with van der Waals surface area (Å²) in [4.78, 5) is 33.8. The van der Waals surface area contributed by atoms with E-state index in [9.17, 15) is 14.8 Å². The van der Waals surface area contributed by atoms with Crippen LogP contribution in [0, 0.1) is 5.92 Å². The van der Waals surface area contributed by atoms with Crippen LogP contribution in [0.4, 0.5) is 0 Å². The lowest BCUT2D eigenvalue weighted by atomic mass is 9.99. The molecule has 1 saturated heterocycles. The Morgan fingerprint density at radius 3 is 3.04 bits per heavy atom. The van der Waals surface area contributed by atoms with Crippen LogP contribution in [0.15, 0.2) is 24.3 Å². The summed E-state index contributed by atoms with van der Waals surface area (Å²) in [6.45, 7) is 2.77. The highest BCUT2D eigenvalue weighted by atomic mass is 16.5. The van der Waals surface area contributed by atoms with E-state index in [1.54, 1.807) is 0 Å². The molecule has 2 aromatic rings. The van der Waals surface area contributed by atoms with Crippen molar-refractivity contribution in [2.75, 3.05) is 13.1 Å². The number of unbranched alkanes of at least 4 members (excludes halogenated alkanes) is 1. The molecule has 3 rings (SSSR count). The lowest BCUT2D eigenvalue weighted by Gasteiger charge is -2.29. The summed E-state index contributed by atoms with van der Waals surface area (Å²) in [5, 5.41) is 10.1. The fraction of sp³-hybridized carbons (Fsp3) is 0.526. The predicted octanol–water partition coefficient (Wildman–Crippen LogP) is 2.88. The van der Waals surface area contributed by atoms with Crippen LogP contribution in [0.5, 0.6) is 0 Å². The highest BCUT2D eigenvalue weighted by molar-refractivity contribution is 5.80. The summed E-state index contributed by atoms with van der Waals surface area (Å²) in [5.74, 6) is 0.403. The van der Waals surface area contributed by atoms with Crippen molar-refractivity contribution in [2.24, 2.45) is 5.92 Å². The second-order valence-electron chi connectivity index (χ2n) is 6.90. The first-order valence-corrected chi connectivity index (χ1v) is 9.30. The zero-order chi connectivity index (χ0) is 18.5. The molecular formula is C19H26N4O3. The third-order valence-electron chi connectivity index (χ3n) is 5.04. The topological polar surface area (TPSA) is 89.5 Å². The summed E-state index contributed by atoms with van der Waals surface area (Å²) < 4.78 is 0. The van der Waals surface area contributed by atoms with Gasteiger partial charge >= 0.3 is 0 Å². The second-order valence-corrected chi connectivity index (χ2v) is 6.90. The molecule has 2 atom stereocenters. The Kier molecular flexibility index (Phi) is 5.88. The number of nitrogens with one attached hydrogen (secondary N) is 1. The number of imidazole rings is 1. The highest BCUT2D eigenvalue weighted by Crippen LogP contribution is 2.33. The maximum Gasteiger partial charge on any atom is 0.233 e. The number of H-pyrrole nitrogens is 1. The number of carbonyl (C=O) groups excluding carboxylic acids is 2. The van der Waals surface area contributed by atoms with Crippen molar-refractivity contribution in [3.8, 4) is 0 Å². The summed E-state index contributed by atoms with van der Waals surface area (Å²) in [5.41, 5.74) is 1.86. The van der Waals surface area contributed by atoms with Gasteiger partial charge < -0.3 is 9.88 Å². The van der Waals surface area contributed by atoms with E-state index in [1.807, 2.05) is 29.2 Å². The van der Waals surface area contributed by atoms with Crippen LogP contribution in [0.2, 0.25) is 0 Å². The maximum absolute atomic E-state index is 13.1. The van der Waals surface area contributed by atoms with Gasteiger partial charge in [-0.2, -0.15) is 0 Å². The molecule has 0 aliphatic carbocycles. The Morgan fingerprint density at radius 1 is 1.50 bits per heavy atom. The van der Waals surface area contributed by atoms with E-state index >= 15 is 0 Å². The van der Waals surface area contributed by atoms with Gasteiger partial charge in [-0.25, -0.2) is 10.0 Å². The Morgan fingerprint density at radius 2 is 2.31 bits per heavy atom. The third kappa shape index (κ3) is 3.88. The van der Waals surface area contributed by atoms with Gasteiger partial charge in [0.15, 0.2) is 0 Å². The average Bonchev–Trinajstić information content (AvgIpc) is 3.30. The number of para-hydroxylation sites is 2. The molecule has 0 bridgehead atoms. The van der Waals surface area contributed by atoms with E-state index in [-0.39, 0.29) is 18.5 Å². The number of rotatable bonds is 8. The van der Waals surface area contributed by atoms with Gasteiger partial charge in [-0.1, -0.05) is 31.9 Å². The van der Waals surface area contributed by atoms with Crippen molar-refractivity contribution >= 4 is 23.4 Å². The molecule has 1 aliphatic heterocycles. The summed E-state index contributed by atoms with van der Waals surface area (Å²) >= 11 is 0. The summed E-state index contributed by atoms with van der Waals surface area (Å²) in [6, 6.07) is 7.75. The molecule has 2 N–H and O–H groups in total. The number of amides is 2. The zero-order valence-corrected chi connectivity index (χ0v) is 15.1. The van der Waals surface area contributed by atoms with Crippen LogP contribution in [0.1, 0.15) is 50.9 Å². The van der Waals surface area contributed by atoms with Crippen molar-refractivity contribution in [1.82, 2.24) is 19.9 Å². The van der Waals surface area contributed by atoms with Gasteiger partial charge in [-0.05, 0) is 31.4 Å². The number of hydroxylamine groups is 2. The van der Waals surface area contributed by atoms with Crippen LogP contribution < -0.4 is 0 Å². The molecule has 7 nitrogen and oxygen atoms in total. The van der Waals surface area contributed by atoms with Gasteiger partial charge in [0.05, 0.1) is 29.5 Å². The third-order valence-corrected chi connectivity index (χ3v) is 5.04. The predicted molar refractivity (Wildman–Crippen MR) is 97.4 cm³/mol. The van der Waals surface area contributed by atoms with Crippen LogP contribution >= 0.6 is 0 Å². The number of aromatic amines is 1. The fourth-order valence-electron chi connectivity index (χ4n) is 3.69. The first-order chi connectivity index (χ1) is 12.6. The standard InChI is InChI=1S/C19H26N4O3/c1-2-3-7-14(12-22(26)13-24)19(25)23-11-6-10-17(23)18-20-15-8-4-5-9-16(15)21-18/h4-5,8-9,13-14,17,26H,2-3,6-7,10-12H2,1H3,(H,20,21)/t14-,17-/m0/s1. The van der Waals surface area contributed by atoms with E-state index in [0.717, 1.165) is 42.5 Å². The molecule has 0 unspecified atom stereocenters. The molecule has 140 valence electrons. The van der Waals surface area contributed by atoms with Crippen molar-refractivity contribution in [1.29, 1.82) is 0 Å². The lowest BCUT2D eigenvalue weighted by molar-refractivity contribution is -0.157. The number of hydrogen-bond acceptors (Lipinski definition) is 4. The normalized spacial score (nSPS) is 18.2. The van der Waals surface area contributed by atoms with Crippen molar-refractivity contribution in [3.63, 3.8) is 0 Å². The van der Waals surface area contributed by atoms with Crippen LogP contribution in [-0.4, -0.2) is 50.5 Å². The largest absolute Gasteiger partial charge is 0.340 e. The monoisotopic (exact) mass is 358 g/mol. The summed E-state index contributed by atoms with van der Waals surface area (Å²) in [6.07, 6.45) is 4.64. The molecule has 2 heterocycles. The van der Waals surface area contributed by atoms with Crippen LogP contribution in [0.25, 0.3) is 11.0 Å². The number of fused-ring (bicyclic) bond motifs is 1. The van der Waals surface area contributed by atoms with E-state index in [0.29, 0.717) is 24.4 Å². The number of likely N-dealkylation sites (tertiary alicyclic amines) is 1. The van der Waals surface area contributed by atoms with Gasteiger partial charge in [0.1, 0.15) is 5.82 Å². The van der Waals surface area contributed by atoms with Gasteiger partial charge in [-0.15, -0.1) is 0 Å². The Labute approximate surface area is 153 Å². The SMILES string of the molecule is CCCC[C@@H](CN(O)C=O)C(=O)N1CCC[C@H]1c1nc2ccccc2[nH]1. The van der Waals surface area contributed by atoms with E-state index in [2.05, 4.69) is 16.9 Å². The minimum atomic E-state index is -0.393. The quantitative estimate of drug-likeness (QED) is 0.431. The zero-order valence-electron chi connectivity index (χ0n) is 15.1. The molecule has 1 aromatic carbocycles. The Bertz CT molecular complexity index is 727. The minimum absolute atomic E-state index is 0.0118. The van der Waals surface area contributed by atoms with Crippen molar-refractivity contribution in [3.05, 3.63) is 30.1 Å². The van der Waals surface area contributed by atoms with E-state index < -0.39 is 5.92 Å². The van der Waals surface area contributed by atoms with Crippen molar-refractivity contribution < 1.29 is 14.8 Å². The number of aromatic nitrogens is 2. The van der Waals surface area contributed by atoms with E-state index in [4.69, 9.17) is 0 Å². The molecule has 2 amide bonds. The number of nitrogens with zero attached hydrogens (tertiary/aromatic N) is 3. The average molecular weight is 358 g/mol. The molecule has 0 radical (unpaired) electrons. The van der Waals surface area contributed by atoms with Gasteiger partial charge in [0.2, 0.25) is 12.3 Å². The molecule has 1 aromatic heterocycles. The Balaban J connectivity index is 1.80. The number of carbonyl (C=O) groups is 2. The molecule has 1 aliphatic rings. The lowest BCUT2D eigenvalue weighted by Crippen LogP contribution is -2.40. The molecule has 0 spiro atoms. The van der Waals surface area contributed by atoms with Crippen LogP contribution in [0.3, 0.4) is 0 Å². The summed E-state index contributed by atoms with van der Waals surface area (Å²) in [7, 11) is 0. The van der Waals surface area contributed by atoms with Crippen molar-refractivity contribution in [2.45, 2.75) is 45.1 Å². The molecule has 0 saturated carbocycles. The Hall–Kier alpha value is -2.41. The molecule has 26 heavy (non-hydrogen) atoms. The molecular weight excluding hydrogens is 332 g/mol. The first kappa shape index (κ1) is 18.4.